The van der Waals surface area contributed by atoms with E-state index in [9.17, 15) is 4.79 Å². The van der Waals surface area contributed by atoms with Crippen LogP contribution in [-0.4, -0.2) is 31.1 Å². The lowest BCUT2D eigenvalue weighted by Gasteiger charge is -2.28. The number of hydrogen-bond donors (Lipinski definition) is 3. The van der Waals surface area contributed by atoms with Crippen LogP contribution < -0.4 is 16.0 Å². The first kappa shape index (κ1) is 13.3. The highest BCUT2D eigenvalue weighted by atomic mass is 16.2. The summed E-state index contributed by atoms with van der Waals surface area (Å²) < 4.78 is 0. The third-order valence-electron chi connectivity index (χ3n) is 5.33. The van der Waals surface area contributed by atoms with Gasteiger partial charge in [-0.15, -0.1) is 0 Å². The highest BCUT2D eigenvalue weighted by Gasteiger charge is 2.42. The summed E-state index contributed by atoms with van der Waals surface area (Å²) in [5, 5.41) is 10.3. The first-order valence-electron chi connectivity index (χ1n) is 8.18. The SMILES string of the molecule is O=C(NC1CCCc2ccccc21)C1CNC2CCNC21. The van der Waals surface area contributed by atoms with E-state index in [1.165, 1.54) is 11.1 Å². The molecule has 2 saturated heterocycles. The first-order valence-corrected chi connectivity index (χ1v) is 8.18. The predicted molar refractivity (Wildman–Crippen MR) is 82.0 cm³/mol. The molecule has 4 heteroatoms. The molecule has 4 atom stereocenters. The number of nitrogens with one attached hydrogen (secondary N) is 3. The zero-order valence-electron chi connectivity index (χ0n) is 12.3. The number of carbonyl (C=O) groups excluding carboxylic acids is 1. The molecule has 1 aliphatic carbocycles. The lowest BCUT2D eigenvalue weighted by molar-refractivity contribution is -0.125. The summed E-state index contributed by atoms with van der Waals surface area (Å²) in [5.74, 6) is 0.290. The highest BCUT2D eigenvalue weighted by molar-refractivity contribution is 5.81. The molecular formula is C17H23N3O. The molecule has 0 aromatic heterocycles. The van der Waals surface area contributed by atoms with E-state index in [4.69, 9.17) is 0 Å². The van der Waals surface area contributed by atoms with Gasteiger partial charge < -0.3 is 16.0 Å². The Labute approximate surface area is 125 Å². The third-order valence-corrected chi connectivity index (χ3v) is 5.33. The summed E-state index contributed by atoms with van der Waals surface area (Å²) in [7, 11) is 0. The first-order chi connectivity index (χ1) is 10.3. The van der Waals surface area contributed by atoms with E-state index in [2.05, 4.69) is 40.2 Å². The van der Waals surface area contributed by atoms with Crippen LogP contribution in [-0.2, 0) is 11.2 Å². The summed E-state index contributed by atoms with van der Waals surface area (Å²) in [6.07, 6.45) is 4.50. The Kier molecular flexibility index (Phi) is 3.43. The van der Waals surface area contributed by atoms with E-state index >= 15 is 0 Å². The number of rotatable bonds is 2. The number of amides is 1. The average Bonchev–Trinajstić information content (AvgIpc) is 3.10. The largest absolute Gasteiger partial charge is 0.349 e. The summed E-state index contributed by atoms with van der Waals surface area (Å²) in [4.78, 5) is 12.7. The topological polar surface area (TPSA) is 53.2 Å². The fourth-order valence-corrected chi connectivity index (χ4v) is 4.22. The fourth-order valence-electron chi connectivity index (χ4n) is 4.22. The molecule has 1 aromatic carbocycles. The van der Waals surface area contributed by atoms with Crippen molar-refractivity contribution in [3.8, 4) is 0 Å². The second-order valence-corrected chi connectivity index (χ2v) is 6.54. The van der Waals surface area contributed by atoms with Gasteiger partial charge in [-0.3, -0.25) is 4.79 Å². The maximum absolute atomic E-state index is 12.7. The van der Waals surface area contributed by atoms with E-state index < -0.39 is 0 Å². The molecule has 1 amide bonds. The van der Waals surface area contributed by atoms with Gasteiger partial charge in [0, 0.05) is 18.6 Å². The molecule has 0 spiro atoms. The maximum Gasteiger partial charge on any atom is 0.226 e. The van der Waals surface area contributed by atoms with Gasteiger partial charge in [0.25, 0.3) is 0 Å². The molecule has 0 radical (unpaired) electrons. The van der Waals surface area contributed by atoms with Gasteiger partial charge >= 0.3 is 0 Å². The number of fused-ring (bicyclic) bond motifs is 2. The number of benzene rings is 1. The summed E-state index contributed by atoms with van der Waals surface area (Å²) in [6, 6.07) is 9.54. The Bertz CT molecular complexity index is 545. The van der Waals surface area contributed by atoms with Crippen LogP contribution in [0.15, 0.2) is 24.3 Å². The second-order valence-electron chi connectivity index (χ2n) is 6.54. The third kappa shape index (κ3) is 2.36. The number of carbonyl (C=O) groups is 1. The molecule has 4 nitrogen and oxygen atoms in total. The van der Waals surface area contributed by atoms with Crippen molar-refractivity contribution in [1.82, 2.24) is 16.0 Å². The average molecular weight is 285 g/mol. The minimum absolute atomic E-state index is 0.0755. The monoisotopic (exact) mass is 285 g/mol. The quantitative estimate of drug-likeness (QED) is 0.763. The van der Waals surface area contributed by atoms with Gasteiger partial charge in [-0.2, -0.15) is 0 Å². The van der Waals surface area contributed by atoms with Crippen LogP contribution in [0.4, 0.5) is 0 Å². The van der Waals surface area contributed by atoms with Gasteiger partial charge in [-0.05, 0) is 43.4 Å². The van der Waals surface area contributed by atoms with Crippen molar-refractivity contribution in [2.24, 2.45) is 5.92 Å². The molecule has 0 saturated carbocycles. The van der Waals surface area contributed by atoms with Crippen molar-refractivity contribution in [3.05, 3.63) is 35.4 Å². The molecule has 21 heavy (non-hydrogen) atoms. The Balaban J connectivity index is 1.48. The minimum Gasteiger partial charge on any atom is -0.349 e. The van der Waals surface area contributed by atoms with Crippen LogP contribution >= 0.6 is 0 Å². The predicted octanol–water partition coefficient (Wildman–Crippen LogP) is 1.13. The van der Waals surface area contributed by atoms with Crippen molar-refractivity contribution in [1.29, 1.82) is 0 Å². The lowest BCUT2D eigenvalue weighted by atomic mass is 9.87. The molecule has 1 aromatic rings. The molecule has 4 rings (SSSR count). The van der Waals surface area contributed by atoms with E-state index in [0.717, 1.165) is 38.8 Å². The number of hydrogen-bond acceptors (Lipinski definition) is 3. The van der Waals surface area contributed by atoms with E-state index in [-0.39, 0.29) is 17.9 Å². The van der Waals surface area contributed by atoms with Crippen LogP contribution in [0.2, 0.25) is 0 Å². The maximum atomic E-state index is 12.7. The van der Waals surface area contributed by atoms with Crippen molar-refractivity contribution >= 4 is 5.91 Å². The van der Waals surface area contributed by atoms with Crippen LogP contribution in [0, 0.1) is 5.92 Å². The van der Waals surface area contributed by atoms with Crippen molar-refractivity contribution in [2.45, 2.75) is 43.8 Å². The van der Waals surface area contributed by atoms with Crippen LogP contribution in [0.3, 0.4) is 0 Å². The molecular weight excluding hydrogens is 262 g/mol. The molecule has 3 aliphatic rings. The van der Waals surface area contributed by atoms with Gasteiger partial charge in [0.05, 0.1) is 12.0 Å². The van der Waals surface area contributed by atoms with E-state index in [0.29, 0.717) is 12.1 Å². The summed E-state index contributed by atoms with van der Waals surface area (Å²) in [6.45, 7) is 1.83. The molecule has 4 unspecified atom stereocenters. The van der Waals surface area contributed by atoms with Crippen molar-refractivity contribution in [2.75, 3.05) is 13.1 Å². The molecule has 2 aliphatic heterocycles. The van der Waals surface area contributed by atoms with Gasteiger partial charge in [0.15, 0.2) is 0 Å². The molecule has 112 valence electrons. The van der Waals surface area contributed by atoms with E-state index in [1.54, 1.807) is 0 Å². The van der Waals surface area contributed by atoms with Gasteiger partial charge in [0.2, 0.25) is 5.91 Å². The van der Waals surface area contributed by atoms with Gasteiger partial charge in [-0.1, -0.05) is 24.3 Å². The Hall–Kier alpha value is -1.39. The Morgan fingerprint density at radius 2 is 2.10 bits per heavy atom. The Morgan fingerprint density at radius 3 is 3.05 bits per heavy atom. The van der Waals surface area contributed by atoms with Gasteiger partial charge in [0.1, 0.15) is 0 Å². The summed E-state index contributed by atoms with van der Waals surface area (Å²) >= 11 is 0. The second kappa shape index (κ2) is 5.43. The van der Waals surface area contributed by atoms with Crippen LogP contribution in [0.1, 0.15) is 36.4 Å². The Morgan fingerprint density at radius 1 is 1.19 bits per heavy atom. The van der Waals surface area contributed by atoms with Crippen molar-refractivity contribution in [3.63, 3.8) is 0 Å². The van der Waals surface area contributed by atoms with Crippen LogP contribution in [0.5, 0.6) is 0 Å². The normalized spacial score (nSPS) is 34.3. The standard InChI is InChI=1S/C17H23N3O/c21-17(13-10-19-15-8-9-18-16(13)15)20-14-7-3-5-11-4-1-2-6-12(11)14/h1-2,4,6,13-16,18-19H,3,5,7-10H2,(H,20,21). The lowest BCUT2D eigenvalue weighted by Crippen LogP contribution is -2.44. The van der Waals surface area contributed by atoms with Crippen molar-refractivity contribution < 1.29 is 4.79 Å². The number of aryl methyl sites for hydroxylation is 1. The highest BCUT2D eigenvalue weighted by Crippen LogP contribution is 2.30. The zero-order valence-corrected chi connectivity index (χ0v) is 12.3. The zero-order chi connectivity index (χ0) is 14.2. The summed E-state index contributed by atoms with van der Waals surface area (Å²) in [5.41, 5.74) is 2.72. The fraction of sp³-hybridized carbons (Fsp3) is 0.588. The van der Waals surface area contributed by atoms with Gasteiger partial charge in [-0.25, -0.2) is 0 Å². The molecule has 2 fully saturated rings. The van der Waals surface area contributed by atoms with E-state index in [1.807, 2.05) is 0 Å². The molecule has 2 heterocycles. The minimum atomic E-state index is 0.0755. The smallest absolute Gasteiger partial charge is 0.226 e. The molecule has 0 bridgehead atoms. The van der Waals surface area contributed by atoms with Crippen LogP contribution in [0.25, 0.3) is 0 Å². The molecule has 3 N–H and O–H groups in total.